The maximum absolute atomic E-state index is 11.4. The Bertz CT molecular complexity index is 497. The Balaban J connectivity index is 2.27. The van der Waals surface area contributed by atoms with Crippen LogP contribution in [0.1, 0.15) is 28.7 Å². The van der Waals surface area contributed by atoms with Gasteiger partial charge >= 0.3 is 5.97 Å². The van der Waals surface area contributed by atoms with Gasteiger partial charge in [-0.05, 0) is 31.9 Å². The summed E-state index contributed by atoms with van der Waals surface area (Å²) in [5.41, 5.74) is 5.42. The molecule has 0 spiro atoms. The van der Waals surface area contributed by atoms with E-state index in [-0.39, 0.29) is 5.97 Å². The first kappa shape index (κ1) is 12.6. The Morgan fingerprint density at radius 3 is 2.50 bits per heavy atom. The van der Waals surface area contributed by atoms with Crippen LogP contribution in [0.5, 0.6) is 0 Å². The van der Waals surface area contributed by atoms with Gasteiger partial charge in [-0.25, -0.2) is 4.79 Å². The predicted molar refractivity (Wildman–Crippen MR) is 68.7 cm³/mol. The first-order valence-electron chi connectivity index (χ1n) is 5.91. The van der Waals surface area contributed by atoms with Crippen LogP contribution in [-0.4, -0.2) is 24.9 Å². The summed E-state index contributed by atoms with van der Waals surface area (Å²) in [4.78, 5) is 16.5. The fraction of sp³-hybridized carbons (Fsp3) is 0.429. The number of ether oxygens (including phenoxy) is 1. The molecule has 4 nitrogen and oxygen atoms in total. The lowest BCUT2D eigenvalue weighted by molar-refractivity contribution is -0.152. The fourth-order valence-corrected chi connectivity index (χ4v) is 2.42. The highest BCUT2D eigenvalue weighted by molar-refractivity contribution is 6.05. The van der Waals surface area contributed by atoms with Crippen LogP contribution in [0, 0.1) is 20.8 Å². The highest BCUT2D eigenvalue weighted by atomic mass is 16.7. The standard InChI is InChI=1S/C14H17NO3/c1-8-5-9(2)13(10(3)6-8)11-7-12(18-15-11)14(16)17-4/h5-6,12H,7H2,1-4H3. The number of benzene rings is 1. The van der Waals surface area contributed by atoms with Crippen molar-refractivity contribution < 1.29 is 14.4 Å². The zero-order valence-corrected chi connectivity index (χ0v) is 11.1. The van der Waals surface area contributed by atoms with Gasteiger partial charge in [0, 0.05) is 12.0 Å². The number of hydrogen-bond donors (Lipinski definition) is 0. The molecule has 0 saturated carbocycles. The van der Waals surface area contributed by atoms with Gasteiger partial charge in [0.1, 0.15) is 0 Å². The second-order valence-electron chi connectivity index (χ2n) is 4.63. The van der Waals surface area contributed by atoms with Crippen molar-refractivity contribution in [3.8, 4) is 0 Å². The SMILES string of the molecule is COC(=O)C1CC(c2c(C)cc(C)cc2C)=NO1. The van der Waals surface area contributed by atoms with Crippen molar-refractivity contribution >= 4 is 11.7 Å². The molecule has 2 rings (SSSR count). The Morgan fingerprint density at radius 1 is 1.33 bits per heavy atom. The summed E-state index contributed by atoms with van der Waals surface area (Å²) in [5, 5.41) is 4.02. The van der Waals surface area contributed by atoms with Crippen LogP contribution in [0.15, 0.2) is 17.3 Å². The smallest absolute Gasteiger partial charge is 0.350 e. The molecule has 1 atom stereocenters. The molecule has 0 radical (unpaired) electrons. The van der Waals surface area contributed by atoms with E-state index in [2.05, 4.69) is 28.9 Å². The Hall–Kier alpha value is -1.84. The Labute approximate surface area is 107 Å². The second kappa shape index (κ2) is 4.80. The van der Waals surface area contributed by atoms with Crippen LogP contribution in [0.25, 0.3) is 0 Å². The van der Waals surface area contributed by atoms with Crippen LogP contribution < -0.4 is 0 Å². The molecule has 0 aliphatic carbocycles. The minimum atomic E-state index is -0.606. The predicted octanol–water partition coefficient (Wildman–Crippen LogP) is 2.28. The van der Waals surface area contributed by atoms with E-state index < -0.39 is 6.10 Å². The number of aryl methyl sites for hydroxylation is 3. The molecule has 1 aliphatic heterocycles. The highest BCUT2D eigenvalue weighted by Gasteiger charge is 2.30. The molecule has 1 aromatic rings. The molecule has 0 fully saturated rings. The van der Waals surface area contributed by atoms with Crippen LogP contribution in [-0.2, 0) is 14.4 Å². The van der Waals surface area contributed by atoms with E-state index in [4.69, 9.17) is 4.84 Å². The van der Waals surface area contributed by atoms with Crippen molar-refractivity contribution in [3.63, 3.8) is 0 Å². The van der Waals surface area contributed by atoms with Crippen LogP contribution in [0.2, 0.25) is 0 Å². The molecule has 0 saturated heterocycles. The van der Waals surface area contributed by atoms with Crippen molar-refractivity contribution in [2.45, 2.75) is 33.3 Å². The average molecular weight is 247 g/mol. The molecule has 1 aliphatic rings. The highest BCUT2D eigenvalue weighted by Crippen LogP contribution is 2.24. The van der Waals surface area contributed by atoms with E-state index in [9.17, 15) is 4.79 Å². The van der Waals surface area contributed by atoms with Gasteiger partial charge in [-0.3, -0.25) is 0 Å². The summed E-state index contributed by atoms with van der Waals surface area (Å²) in [6.45, 7) is 6.15. The van der Waals surface area contributed by atoms with Crippen LogP contribution in [0.4, 0.5) is 0 Å². The topological polar surface area (TPSA) is 47.9 Å². The number of carbonyl (C=O) groups is 1. The van der Waals surface area contributed by atoms with Gasteiger partial charge in [-0.2, -0.15) is 0 Å². The lowest BCUT2D eigenvalue weighted by Gasteiger charge is -2.10. The molecule has 96 valence electrons. The van der Waals surface area contributed by atoms with Gasteiger partial charge in [0.25, 0.3) is 0 Å². The van der Waals surface area contributed by atoms with E-state index in [0.29, 0.717) is 6.42 Å². The monoisotopic (exact) mass is 247 g/mol. The zero-order valence-electron chi connectivity index (χ0n) is 11.1. The molecule has 1 heterocycles. The number of rotatable bonds is 2. The summed E-state index contributed by atoms with van der Waals surface area (Å²) >= 11 is 0. The largest absolute Gasteiger partial charge is 0.466 e. The second-order valence-corrected chi connectivity index (χ2v) is 4.63. The fourth-order valence-electron chi connectivity index (χ4n) is 2.42. The van der Waals surface area contributed by atoms with Gasteiger partial charge in [0.15, 0.2) is 0 Å². The molecule has 0 aromatic heterocycles. The van der Waals surface area contributed by atoms with Crippen molar-refractivity contribution in [2.24, 2.45) is 5.16 Å². The lowest BCUT2D eigenvalue weighted by atomic mass is 9.94. The van der Waals surface area contributed by atoms with E-state index in [1.807, 2.05) is 13.8 Å². The third-order valence-electron chi connectivity index (χ3n) is 3.10. The first-order valence-corrected chi connectivity index (χ1v) is 5.91. The minimum Gasteiger partial charge on any atom is -0.466 e. The summed E-state index contributed by atoms with van der Waals surface area (Å²) in [6.07, 6.45) is -0.137. The van der Waals surface area contributed by atoms with E-state index in [0.717, 1.165) is 22.4 Å². The van der Waals surface area contributed by atoms with Gasteiger partial charge in [0.05, 0.1) is 12.8 Å². The molecule has 1 unspecified atom stereocenters. The molecule has 0 bridgehead atoms. The minimum absolute atomic E-state index is 0.379. The third kappa shape index (κ3) is 2.23. The summed E-state index contributed by atoms with van der Waals surface area (Å²) in [6, 6.07) is 4.21. The van der Waals surface area contributed by atoms with Crippen molar-refractivity contribution in [2.75, 3.05) is 7.11 Å². The number of esters is 1. The Kier molecular flexibility index (Phi) is 3.36. The maximum Gasteiger partial charge on any atom is 0.350 e. The zero-order chi connectivity index (χ0) is 13.3. The quantitative estimate of drug-likeness (QED) is 0.753. The third-order valence-corrected chi connectivity index (χ3v) is 3.10. The molecule has 1 aromatic carbocycles. The number of methoxy groups -OCH3 is 1. The number of oxime groups is 1. The van der Waals surface area contributed by atoms with Gasteiger partial charge < -0.3 is 9.57 Å². The normalized spacial score (nSPS) is 18.2. The van der Waals surface area contributed by atoms with Crippen LogP contribution >= 0.6 is 0 Å². The summed E-state index contributed by atoms with van der Waals surface area (Å²) in [5.74, 6) is -0.379. The first-order chi connectivity index (χ1) is 8.52. The maximum atomic E-state index is 11.4. The number of carbonyl (C=O) groups excluding carboxylic acids is 1. The van der Waals surface area contributed by atoms with Gasteiger partial charge in [0.2, 0.25) is 6.10 Å². The van der Waals surface area contributed by atoms with Crippen molar-refractivity contribution in [1.82, 2.24) is 0 Å². The molecule has 4 heteroatoms. The van der Waals surface area contributed by atoms with E-state index in [1.54, 1.807) is 0 Å². The van der Waals surface area contributed by atoms with Crippen LogP contribution in [0.3, 0.4) is 0 Å². The molecular formula is C14H17NO3. The number of hydrogen-bond acceptors (Lipinski definition) is 4. The molecular weight excluding hydrogens is 230 g/mol. The number of nitrogens with zero attached hydrogens (tertiary/aromatic N) is 1. The summed E-state index contributed by atoms with van der Waals surface area (Å²) in [7, 11) is 1.35. The average Bonchev–Trinajstić information content (AvgIpc) is 2.76. The van der Waals surface area contributed by atoms with Gasteiger partial charge in [-0.1, -0.05) is 22.9 Å². The lowest BCUT2D eigenvalue weighted by Crippen LogP contribution is -2.22. The van der Waals surface area contributed by atoms with Crippen molar-refractivity contribution in [3.05, 3.63) is 34.4 Å². The molecule has 0 N–H and O–H groups in total. The van der Waals surface area contributed by atoms with E-state index in [1.165, 1.54) is 12.7 Å². The Morgan fingerprint density at radius 2 is 1.94 bits per heavy atom. The molecule has 0 amide bonds. The van der Waals surface area contributed by atoms with E-state index >= 15 is 0 Å². The molecule has 18 heavy (non-hydrogen) atoms. The van der Waals surface area contributed by atoms with Crippen molar-refractivity contribution in [1.29, 1.82) is 0 Å². The summed E-state index contributed by atoms with van der Waals surface area (Å²) < 4.78 is 4.66. The van der Waals surface area contributed by atoms with Gasteiger partial charge in [-0.15, -0.1) is 0 Å².